The molecule has 3 heterocycles. The van der Waals surface area contributed by atoms with E-state index in [9.17, 15) is 0 Å². The number of allylic oxidation sites excluding steroid dienone is 2. The Morgan fingerprint density at radius 2 is 1.30 bits per heavy atom. The second-order valence-corrected chi connectivity index (χ2v) is 18.4. The number of benzene rings is 5. The van der Waals surface area contributed by atoms with Gasteiger partial charge in [-0.2, -0.15) is 0 Å². The highest BCUT2D eigenvalue weighted by Gasteiger charge is 2.47. The fourth-order valence-electron chi connectivity index (χ4n) is 10.9. The van der Waals surface area contributed by atoms with Crippen molar-refractivity contribution in [2.45, 2.75) is 62.8 Å². The Labute approximate surface area is 361 Å². The minimum absolute atomic E-state index is 0.0402. The fourth-order valence-corrected chi connectivity index (χ4v) is 12.2. The predicted molar refractivity (Wildman–Crippen MR) is 252 cm³/mol. The number of para-hydroxylation sites is 4. The second kappa shape index (κ2) is 14.1. The average molecular weight is 811 g/mol. The third kappa shape index (κ3) is 5.60. The Hall–Kier alpha value is -6.43. The molecule has 0 N–H and O–H groups in total. The highest BCUT2D eigenvalue weighted by Crippen LogP contribution is 2.59. The Morgan fingerprint density at radius 3 is 2.05 bits per heavy atom. The molecule has 7 aromatic rings. The van der Waals surface area contributed by atoms with Crippen LogP contribution in [-0.4, -0.2) is 6.04 Å². The Kier molecular flexibility index (Phi) is 8.40. The molecular weight excluding hydrogens is 765 g/mol. The van der Waals surface area contributed by atoms with Crippen LogP contribution >= 0.6 is 11.8 Å². The summed E-state index contributed by atoms with van der Waals surface area (Å²) in [5, 5.41) is 1.24. The van der Waals surface area contributed by atoms with Crippen LogP contribution in [0.3, 0.4) is 0 Å². The van der Waals surface area contributed by atoms with E-state index in [4.69, 9.17) is 8.83 Å². The monoisotopic (exact) mass is 810 g/mol. The minimum Gasteiger partial charge on any atom is -0.464 e. The van der Waals surface area contributed by atoms with Crippen molar-refractivity contribution in [1.82, 2.24) is 0 Å². The van der Waals surface area contributed by atoms with Crippen LogP contribution in [0.15, 0.2) is 165 Å². The number of aryl methyl sites for hydroxylation is 2. The van der Waals surface area contributed by atoms with Gasteiger partial charge >= 0.3 is 0 Å². The van der Waals surface area contributed by atoms with Crippen molar-refractivity contribution in [3.63, 3.8) is 0 Å². The van der Waals surface area contributed by atoms with Crippen molar-refractivity contribution >= 4 is 63.7 Å². The van der Waals surface area contributed by atoms with Gasteiger partial charge in [0.15, 0.2) is 0 Å². The van der Waals surface area contributed by atoms with Gasteiger partial charge in [0.1, 0.15) is 22.7 Å². The molecule has 5 unspecified atom stereocenters. The highest BCUT2D eigenvalue weighted by molar-refractivity contribution is 8.08. The normalized spacial score (nSPS) is 21.4. The summed E-state index contributed by atoms with van der Waals surface area (Å²) in [5.74, 6) is 3.62. The first-order valence-corrected chi connectivity index (χ1v) is 22.5. The van der Waals surface area contributed by atoms with E-state index in [1.54, 1.807) is 0 Å². The van der Waals surface area contributed by atoms with Crippen molar-refractivity contribution in [1.29, 1.82) is 0 Å². The number of anilines is 4. The van der Waals surface area contributed by atoms with Gasteiger partial charge in [-0.15, -0.1) is 0 Å². The van der Waals surface area contributed by atoms with E-state index in [0.29, 0.717) is 0 Å². The SMILES string of the molecule is Cc1ccccc1N(C1=Cc2oc3c(c2C(C)C1)=CC1=Cc2c(oc4c2C=CC(N(c2ccccc2)c2ccccc2C)C4C)C2c4ccccc4SC=3C12)c1ccccc1. The number of rotatable bonds is 6. The molecule has 5 atom stereocenters. The maximum atomic E-state index is 7.33. The topological polar surface area (TPSA) is 32.8 Å². The van der Waals surface area contributed by atoms with Gasteiger partial charge in [0.25, 0.3) is 0 Å². The van der Waals surface area contributed by atoms with Crippen molar-refractivity contribution in [3.8, 4) is 0 Å². The zero-order valence-corrected chi connectivity index (χ0v) is 35.6. The van der Waals surface area contributed by atoms with Gasteiger partial charge in [0, 0.05) is 78.1 Å². The van der Waals surface area contributed by atoms with Crippen LogP contribution < -0.4 is 20.4 Å². The molecule has 61 heavy (non-hydrogen) atoms. The summed E-state index contributed by atoms with van der Waals surface area (Å²) in [5.41, 5.74) is 15.9. The molecule has 1 aliphatic heterocycles. The Morgan fingerprint density at radius 1 is 0.623 bits per heavy atom. The predicted octanol–water partition coefficient (Wildman–Crippen LogP) is 13.4. The minimum atomic E-state index is 0.0402. The molecule has 5 aliphatic rings. The highest BCUT2D eigenvalue weighted by atomic mass is 32.2. The van der Waals surface area contributed by atoms with Gasteiger partial charge < -0.3 is 18.6 Å². The maximum absolute atomic E-state index is 7.33. The third-order valence-electron chi connectivity index (χ3n) is 13.7. The van der Waals surface area contributed by atoms with E-state index in [-0.39, 0.29) is 29.7 Å². The first-order chi connectivity index (χ1) is 29.9. The van der Waals surface area contributed by atoms with E-state index in [1.807, 2.05) is 11.8 Å². The molecule has 0 bridgehead atoms. The van der Waals surface area contributed by atoms with Crippen LogP contribution in [0, 0.1) is 19.8 Å². The summed E-state index contributed by atoms with van der Waals surface area (Å²) < 4.78 is 14.5. The standard InChI is InChI=1S/C56H46N2O2S/c1-33-17-11-14-24-45(33)57(38-19-7-5-8-20-38)40-29-35(3)50-44-31-37-30-43-41-27-28-47(58(39-21-9-6-10-22-39)46-25-15-12-18-34(46)2)36(4)53(41)60-54(43)52-42-23-13-16-26-49(42)61-56(51(37)52)55(44)59-48(50)32-40/h5-28,30-32,35-36,47,51-52H,29H2,1-4H3. The van der Waals surface area contributed by atoms with Crippen molar-refractivity contribution in [3.05, 3.63) is 212 Å². The quantitative estimate of drug-likeness (QED) is 0.167. The van der Waals surface area contributed by atoms with Crippen LogP contribution in [0.1, 0.15) is 88.7 Å². The van der Waals surface area contributed by atoms with E-state index in [1.165, 1.54) is 76.7 Å². The third-order valence-corrected chi connectivity index (χ3v) is 14.9. The molecule has 0 spiro atoms. The van der Waals surface area contributed by atoms with E-state index >= 15 is 0 Å². The van der Waals surface area contributed by atoms with Gasteiger partial charge in [-0.3, -0.25) is 0 Å². The molecule has 4 nitrogen and oxygen atoms in total. The molecule has 2 aromatic heterocycles. The number of hydrogen-bond acceptors (Lipinski definition) is 5. The molecule has 0 fully saturated rings. The molecule has 0 saturated carbocycles. The van der Waals surface area contributed by atoms with Gasteiger partial charge in [-0.05, 0) is 103 Å². The van der Waals surface area contributed by atoms with Gasteiger partial charge in [-0.1, -0.05) is 129 Å². The fraction of sp³-hybridized carbons (Fsp3) is 0.179. The first-order valence-electron chi connectivity index (χ1n) is 21.7. The van der Waals surface area contributed by atoms with Gasteiger partial charge in [0.05, 0.1) is 12.0 Å². The summed E-state index contributed by atoms with van der Waals surface area (Å²) in [6.45, 7) is 9.12. The number of furan rings is 2. The second-order valence-electron chi connectivity index (χ2n) is 17.4. The number of fused-ring (bicyclic) bond motifs is 9. The molecule has 5 aromatic carbocycles. The zero-order chi connectivity index (χ0) is 40.9. The van der Waals surface area contributed by atoms with Crippen molar-refractivity contribution < 1.29 is 8.83 Å². The molecule has 12 rings (SSSR count). The van der Waals surface area contributed by atoms with Crippen LogP contribution in [0.5, 0.6) is 0 Å². The maximum Gasteiger partial charge on any atom is 0.145 e. The molecule has 298 valence electrons. The zero-order valence-electron chi connectivity index (χ0n) is 34.8. The van der Waals surface area contributed by atoms with E-state index < -0.39 is 0 Å². The number of thioether (sulfide) groups is 1. The first kappa shape index (κ1) is 36.4. The summed E-state index contributed by atoms with van der Waals surface area (Å²) in [6.07, 6.45) is 12.9. The van der Waals surface area contributed by atoms with Gasteiger partial charge in [-0.25, -0.2) is 0 Å². The lowest BCUT2D eigenvalue weighted by Gasteiger charge is -2.38. The lowest BCUT2D eigenvalue weighted by molar-refractivity contribution is 0.395. The van der Waals surface area contributed by atoms with E-state index in [2.05, 4.69) is 201 Å². The van der Waals surface area contributed by atoms with Crippen LogP contribution in [0.4, 0.5) is 22.7 Å². The summed E-state index contributed by atoms with van der Waals surface area (Å²) in [4.78, 5) is 7.49. The summed E-state index contributed by atoms with van der Waals surface area (Å²) in [7, 11) is 0. The largest absolute Gasteiger partial charge is 0.464 e. The summed E-state index contributed by atoms with van der Waals surface area (Å²) in [6, 6.07) is 48.0. The Balaban J connectivity index is 1.01. The van der Waals surface area contributed by atoms with Crippen molar-refractivity contribution in [2.24, 2.45) is 5.92 Å². The molecule has 0 radical (unpaired) electrons. The van der Waals surface area contributed by atoms with Crippen LogP contribution in [0.25, 0.3) is 29.2 Å². The average Bonchev–Trinajstić information content (AvgIpc) is 3.86. The molecule has 0 amide bonds. The lowest BCUT2D eigenvalue weighted by Crippen LogP contribution is -2.37. The molecule has 5 heteroatoms. The van der Waals surface area contributed by atoms with Gasteiger partial charge in [0.2, 0.25) is 0 Å². The summed E-state index contributed by atoms with van der Waals surface area (Å²) >= 11 is 1.89. The lowest BCUT2D eigenvalue weighted by atomic mass is 9.71. The van der Waals surface area contributed by atoms with Crippen LogP contribution in [-0.2, 0) is 0 Å². The Bertz CT molecular complexity index is 3130. The van der Waals surface area contributed by atoms with Crippen LogP contribution in [0.2, 0.25) is 0 Å². The molecular formula is C56H46N2O2S. The molecule has 0 saturated heterocycles. The smallest absolute Gasteiger partial charge is 0.145 e. The van der Waals surface area contributed by atoms with E-state index in [0.717, 1.165) is 34.8 Å². The molecule has 4 aliphatic carbocycles. The number of nitrogens with zero attached hydrogens (tertiary/aromatic N) is 2. The number of hydrogen-bond donors (Lipinski definition) is 0. The van der Waals surface area contributed by atoms with Crippen molar-refractivity contribution in [2.75, 3.05) is 9.80 Å².